The fourth-order valence-corrected chi connectivity index (χ4v) is 4.88. The van der Waals surface area contributed by atoms with E-state index in [1.807, 2.05) is 20.8 Å². The SMILES string of the molecule is CC(C)(C)OC(=O)N1CCCC1c1nc(C2CN(C(c3ccccc3)c3ccccc3)C2)no1. The first-order chi connectivity index (χ1) is 16.4. The van der Waals surface area contributed by atoms with E-state index in [4.69, 9.17) is 14.2 Å². The lowest BCUT2D eigenvalue weighted by molar-refractivity contribution is 0.0199. The number of hydrogen-bond acceptors (Lipinski definition) is 6. The number of carbonyl (C=O) groups excluding carboxylic acids is 1. The molecule has 2 aliphatic heterocycles. The van der Waals surface area contributed by atoms with Gasteiger partial charge in [-0.25, -0.2) is 4.79 Å². The van der Waals surface area contributed by atoms with E-state index in [1.165, 1.54) is 11.1 Å². The van der Waals surface area contributed by atoms with Gasteiger partial charge < -0.3 is 9.26 Å². The average molecular weight is 461 g/mol. The molecule has 7 heteroatoms. The van der Waals surface area contributed by atoms with Gasteiger partial charge in [-0.2, -0.15) is 4.98 Å². The quantitative estimate of drug-likeness (QED) is 0.512. The number of carbonyl (C=O) groups is 1. The first kappa shape index (κ1) is 22.6. The number of amides is 1. The van der Waals surface area contributed by atoms with Crippen molar-refractivity contribution in [1.82, 2.24) is 19.9 Å². The molecule has 0 saturated carbocycles. The lowest BCUT2D eigenvalue weighted by Crippen LogP contribution is -2.47. The molecule has 2 saturated heterocycles. The Morgan fingerprint density at radius 2 is 1.65 bits per heavy atom. The molecule has 3 aromatic rings. The number of nitrogens with zero attached hydrogens (tertiary/aromatic N) is 4. The van der Waals surface area contributed by atoms with Crippen molar-refractivity contribution in [3.05, 3.63) is 83.5 Å². The van der Waals surface area contributed by atoms with E-state index in [0.29, 0.717) is 12.4 Å². The number of ether oxygens (including phenoxy) is 1. The number of benzene rings is 2. The highest BCUT2D eigenvalue weighted by Gasteiger charge is 2.40. The Morgan fingerprint density at radius 3 is 2.24 bits per heavy atom. The van der Waals surface area contributed by atoms with Crippen molar-refractivity contribution in [1.29, 1.82) is 0 Å². The lowest BCUT2D eigenvalue weighted by atomic mass is 9.90. The third-order valence-corrected chi connectivity index (χ3v) is 6.49. The summed E-state index contributed by atoms with van der Waals surface area (Å²) >= 11 is 0. The molecule has 1 amide bonds. The van der Waals surface area contributed by atoms with E-state index in [0.717, 1.165) is 31.8 Å². The summed E-state index contributed by atoms with van der Waals surface area (Å²) in [7, 11) is 0. The zero-order valence-corrected chi connectivity index (χ0v) is 20.1. The molecule has 7 nitrogen and oxygen atoms in total. The molecule has 0 N–H and O–H groups in total. The van der Waals surface area contributed by atoms with Crippen LogP contribution in [0.5, 0.6) is 0 Å². The standard InChI is InChI=1S/C27H32N4O3/c1-27(2,3)33-26(32)31-16-10-15-22(31)25-28-24(29-34-25)21-17-30(18-21)23(19-11-6-4-7-12-19)20-13-8-5-9-14-20/h4-9,11-14,21-23H,10,15-18H2,1-3H3. The first-order valence-electron chi connectivity index (χ1n) is 12.1. The van der Waals surface area contributed by atoms with Crippen molar-refractivity contribution in [3.63, 3.8) is 0 Å². The van der Waals surface area contributed by atoms with Crippen molar-refractivity contribution >= 4 is 6.09 Å². The molecule has 0 spiro atoms. The van der Waals surface area contributed by atoms with Crippen LogP contribution < -0.4 is 0 Å². The van der Waals surface area contributed by atoms with Gasteiger partial charge in [0.25, 0.3) is 0 Å². The maximum Gasteiger partial charge on any atom is 0.410 e. The molecule has 178 valence electrons. The molecule has 5 rings (SSSR count). The summed E-state index contributed by atoms with van der Waals surface area (Å²) < 4.78 is 11.2. The molecular formula is C27H32N4O3. The second kappa shape index (κ2) is 9.22. The van der Waals surface area contributed by atoms with Crippen LogP contribution in [0, 0.1) is 0 Å². The highest BCUT2D eigenvalue weighted by atomic mass is 16.6. The van der Waals surface area contributed by atoms with Crippen LogP contribution in [-0.4, -0.2) is 51.3 Å². The van der Waals surface area contributed by atoms with Crippen LogP contribution in [0.15, 0.2) is 65.2 Å². The molecule has 0 bridgehead atoms. The third kappa shape index (κ3) is 4.71. The third-order valence-electron chi connectivity index (χ3n) is 6.49. The van der Waals surface area contributed by atoms with Gasteiger partial charge in [0.15, 0.2) is 5.82 Å². The normalized spacial score (nSPS) is 19.4. The van der Waals surface area contributed by atoms with Crippen LogP contribution >= 0.6 is 0 Å². The van der Waals surface area contributed by atoms with E-state index in [9.17, 15) is 4.79 Å². The van der Waals surface area contributed by atoms with Gasteiger partial charge in [0.1, 0.15) is 11.6 Å². The van der Waals surface area contributed by atoms with Gasteiger partial charge >= 0.3 is 6.09 Å². The Bertz CT molecular complexity index is 1060. The summed E-state index contributed by atoms with van der Waals surface area (Å²) in [6.07, 6.45) is 1.38. The van der Waals surface area contributed by atoms with Crippen LogP contribution in [0.4, 0.5) is 4.79 Å². The summed E-state index contributed by atoms with van der Waals surface area (Å²) in [4.78, 5) is 21.5. The van der Waals surface area contributed by atoms with Crippen molar-refractivity contribution < 1.29 is 14.1 Å². The van der Waals surface area contributed by atoms with E-state index in [1.54, 1.807) is 4.90 Å². The topological polar surface area (TPSA) is 71.7 Å². The Labute approximate surface area is 200 Å². The molecule has 2 fully saturated rings. The minimum Gasteiger partial charge on any atom is -0.444 e. The number of aromatic nitrogens is 2. The van der Waals surface area contributed by atoms with Crippen LogP contribution in [0.1, 0.15) is 74.5 Å². The minimum absolute atomic E-state index is 0.197. The number of hydrogen-bond donors (Lipinski definition) is 0. The number of likely N-dealkylation sites (tertiary alicyclic amines) is 2. The monoisotopic (exact) mass is 460 g/mol. The predicted octanol–water partition coefficient (Wildman–Crippen LogP) is 5.33. The fourth-order valence-electron chi connectivity index (χ4n) is 4.88. The summed E-state index contributed by atoms with van der Waals surface area (Å²) in [6.45, 7) is 7.98. The van der Waals surface area contributed by atoms with E-state index >= 15 is 0 Å². The smallest absolute Gasteiger partial charge is 0.410 e. The Balaban J connectivity index is 1.28. The highest BCUT2D eigenvalue weighted by Crippen LogP contribution is 2.38. The van der Waals surface area contributed by atoms with Gasteiger partial charge in [0.2, 0.25) is 5.89 Å². The van der Waals surface area contributed by atoms with Crippen molar-refractivity contribution in [2.45, 2.75) is 57.2 Å². The van der Waals surface area contributed by atoms with Gasteiger partial charge in [0.05, 0.1) is 6.04 Å². The molecule has 0 aliphatic carbocycles. The predicted molar refractivity (Wildman–Crippen MR) is 128 cm³/mol. The summed E-state index contributed by atoms with van der Waals surface area (Å²) in [5.74, 6) is 1.45. The van der Waals surface area contributed by atoms with E-state index in [-0.39, 0.29) is 24.1 Å². The van der Waals surface area contributed by atoms with Crippen molar-refractivity contribution in [2.75, 3.05) is 19.6 Å². The molecule has 2 aromatic carbocycles. The Morgan fingerprint density at radius 1 is 1.03 bits per heavy atom. The molecule has 34 heavy (non-hydrogen) atoms. The maximum absolute atomic E-state index is 12.6. The van der Waals surface area contributed by atoms with Crippen LogP contribution in [-0.2, 0) is 4.74 Å². The summed E-state index contributed by atoms with van der Waals surface area (Å²) in [5.41, 5.74) is 2.02. The Kier molecular flexibility index (Phi) is 6.13. The fraction of sp³-hybridized carbons (Fsp3) is 0.444. The molecule has 1 atom stereocenters. The van der Waals surface area contributed by atoms with Gasteiger partial charge in [0, 0.05) is 25.6 Å². The largest absolute Gasteiger partial charge is 0.444 e. The molecular weight excluding hydrogens is 428 g/mol. The van der Waals surface area contributed by atoms with Crippen molar-refractivity contribution in [3.8, 4) is 0 Å². The zero-order chi connectivity index (χ0) is 23.7. The second-order valence-electron chi connectivity index (χ2n) is 10.2. The second-order valence-corrected chi connectivity index (χ2v) is 10.2. The minimum atomic E-state index is -0.534. The summed E-state index contributed by atoms with van der Waals surface area (Å²) in [6, 6.07) is 21.2. The molecule has 1 unspecified atom stereocenters. The first-order valence-corrected chi connectivity index (χ1v) is 12.1. The molecule has 2 aliphatic rings. The van der Waals surface area contributed by atoms with Crippen LogP contribution in [0.3, 0.4) is 0 Å². The molecule has 3 heterocycles. The zero-order valence-electron chi connectivity index (χ0n) is 20.1. The number of rotatable bonds is 5. The average Bonchev–Trinajstić information content (AvgIpc) is 3.45. The van der Waals surface area contributed by atoms with E-state index < -0.39 is 5.60 Å². The van der Waals surface area contributed by atoms with Gasteiger partial charge in [-0.05, 0) is 44.7 Å². The van der Waals surface area contributed by atoms with E-state index in [2.05, 4.69) is 70.7 Å². The van der Waals surface area contributed by atoms with Gasteiger partial charge in [-0.3, -0.25) is 9.80 Å². The van der Waals surface area contributed by atoms with Crippen molar-refractivity contribution in [2.24, 2.45) is 0 Å². The maximum atomic E-state index is 12.6. The van der Waals surface area contributed by atoms with Crippen LogP contribution in [0.2, 0.25) is 0 Å². The van der Waals surface area contributed by atoms with Gasteiger partial charge in [-0.1, -0.05) is 65.8 Å². The molecule has 0 radical (unpaired) electrons. The lowest BCUT2D eigenvalue weighted by Gasteiger charge is -2.43. The molecule has 1 aromatic heterocycles. The highest BCUT2D eigenvalue weighted by molar-refractivity contribution is 5.69. The summed E-state index contributed by atoms with van der Waals surface area (Å²) in [5, 5.41) is 4.30. The van der Waals surface area contributed by atoms with Gasteiger partial charge in [-0.15, -0.1) is 0 Å². The Hall–Kier alpha value is -3.19. The van der Waals surface area contributed by atoms with Crippen LogP contribution in [0.25, 0.3) is 0 Å².